The van der Waals surface area contributed by atoms with Crippen LogP contribution < -0.4 is 5.48 Å². The van der Waals surface area contributed by atoms with Crippen LogP contribution in [0.15, 0.2) is 41.6 Å². The van der Waals surface area contributed by atoms with E-state index >= 15 is 0 Å². The standard InChI is InChI=1S/C18H23NO5/c20-16(11-4-2-1-3-5-11)7-6-12-8-13-14(18(12)23)9-15(13)19-24-10-17(21)22/h1-5,12,14,16,18-20,23H,6-10H2,(H,21,22). The van der Waals surface area contributed by atoms with E-state index in [0.29, 0.717) is 12.8 Å². The number of aliphatic carboxylic acids is 1. The van der Waals surface area contributed by atoms with E-state index in [4.69, 9.17) is 9.94 Å². The van der Waals surface area contributed by atoms with E-state index < -0.39 is 24.8 Å². The summed E-state index contributed by atoms with van der Waals surface area (Å²) in [6.45, 7) is -0.392. The van der Waals surface area contributed by atoms with Crippen molar-refractivity contribution < 1.29 is 25.0 Å². The first kappa shape index (κ1) is 17.0. The summed E-state index contributed by atoms with van der Waals surface area (Å²) in [4.78, 5) is 15.3. The number of hydrogen-bond donors (Lipinski definition) is 4. The van der Waals surface area contributed by atoms with Gasteiger partial charge < -0.3 is 15.3 Å². The number of carboxylic acid groups (broad SMARTS) is 1. The topological polar surface area (TPSA) is 99.0 Å². The van der Waals surface area contributed by atoms with Gasteiger partial charge in [-0.15, -0.1) is 0 Å². The first-order valence-electron chi connectivity index (χ1n) is 8.29. The molecule has 1 aromatic carbocycles. The number of fused-ring (bicyclic) bond motifs is 1. The van der Waals surface area contributed by atoms with Gasteiger partial charge in [-0.1, -0.05) is 30.3 Å². The number of benzene rings is 1. The van der Waals surface area contributed by atoms with Crippen molar-refractivity contribution >= 4 is 5.97 Å². The quantitative estimate of drug-likeness (QED) is 0.541. The van der Waals surface area contributed by atoms with Gasteiger partial charge in [-0.3, -0.25) is 10.3 Å². The van der Waals surface area contributed by atoms with Gasteiger partial charge in [0.05, 0.1) is 12.2 Å². The molecule has 1 fully saturated rings. The van der Waals surface area contributed by atoms with E-state index in [9.17, 15) is 15.0 Å². The Kier molecular flexibility index (Phi) is 5.18. The summed E-state index contributed by atoms with van der Waals surface area (Å²) < 4.78 is 0. The van der Waals surface area contributed by atoms with Crippen LogP contribution in [-0.2, 0) is 9.63 Å². The van der Waals surface area contributed by atoms with Crippen molar-refractivity contribution in [3.05, 3.63) is 47.2 Å². The third kappa shape index (κ3) is 3.61. The number of carboxylic acids is 1. The molecule has 0 bridgehead atoms. The lowest BCUT2D eigenvalue weighted by molar-refractivity contribution is -0.144. The van der Waals surface area contributed by atoms with E-state index in [-0.39, 0.29) is 11.8 Å². The van der Waals surface area contributed by atoms with Crippen molar-refractivity contribution in [2.24, 2.45) is 11.8 Å². The monoisotopic (exact) mass is 333 g/mol. The maximum atomic E-state index is 10.4. The van der Waals surface area contributed by atoms with Crippen molar-refractivity contribution in [3.8, 4) is 0 Å². The number of rotatable bonds is 8. The lowest BCUT2D eigenvalue weighted by Crippen LogP contribution is -2.32. The average Bonchev–Trinajstić information content (AvgIpc) is 2.81. The molecule has 1 saturated carbocycles. The highest BCUT2D eigenvalue weighted by Crippen LogP contribution is 2.49. The third-order valence-corrected chi connectivity index (χ3v) is 5.02. The number of hydrogen-bond acceptors (Lipinski definition) is 5. The molecule has 0 amide bonds. The Labute approximate surface area is 140 Å². The lowest BCUT2D eigenvalue weighted by atomic mass is 9.83. The molecule has 2 aliphatic carbocycles. The maximum Gasteiger partial charge on any atom is 0.332 e. The highest BCUT2D eigenvalue weighted by Gasteiger charge is 2.45. The summed E-state index contributed by atoms with van der Waals surface area (Å²) in [7, 11) is 0. The van der Waals surface area contributed by atoms with Crippen LogP contribution in [0.25, 0.3) is 0 Å². The van der Waals surface area contributed by atoms with Crippen LogP contribution in [0.2, 0.25) is 0 Å². The molecule has 6 heteroatoms. The number of allylic oxidation sites excluding steroid dienone is 1. The van der Waals surface area contributed by atoms with Gasteiger partial charge in [0.1, 0.15) is 0 Å². The van der Waals surface area contributed by atoms with Gasteiger partial charge in [0.25, 0.3) is 0 Å². The normalized spacial score (nSPS) is 26.7. The van der Waals surface area contributed by atoms with Gasteiger partial charge in [0.15, 0.2) is 6.61 Å². The minimum absolute atomic E-state index is 0.127. The van der Waals surface area contributed by atoms with E-state index in [1.807, 2.05) is 30.3 Å². The minimum Gasteiger partial charge on any atom is -0.479 e. The second-order valence-electron chi connectivity index (χ2n) is 6.56. The van der Waals surface area contributed by atoms with Crippen LogP contribution in [0.1, 0.15) is 37.4 Å². The molecule has 0 aliphatic heterocycles. The zero-order valence-electron chi connectivity index (χ0n) is 13.4. The summed E-state index contributed by atoms with van der Waals surface area (Å²) in [5.74, 6) is -0.759. The second kappa shape index (κ2) is 7.34. The first-order chi connectivity index (χ1) is 11.6. The zero-order chi connectivity index (χ0) is 17.1. The Morgan fingerprint density at radius 2 is 2.04 bits per heavy atom. The largest absolute Gasteiger partial charge is 0.479 e. The fraction of sp³-hybridized carbons (Fsp3) is 0.500. The molecular weight excluding hydrogens is 310 g/mol. The van der Waals surface area contributed by atoms with Gasteiger partial charge in [-0.2, -0.15) is 0 Å². The fourth-order valence-corrected chi connectivity index (χ4v) is 3.68. The van der Waals surface area contributed by atoms with Crippen LogP contribution >= 0.6 is 0 Å². The molecule has 2 aliphatic rings. The lowest BCUT2D eigenvalue weighted by Gasteiger charge is -2.30. The van der Waals surface area contributed by atoms with Crippen molar-refractivity contribution in [1.29, 1.82) is 0 Å². The fourth-order valence-electron chi connectivity index (χ4n) is 3.68. The summed E-state index contributed by atoms with van der Waals surface area (Å²) >= 11 is 0. The summed E-state index contributed by atoms with van der Waals surface area (Å²) in [6, 6.07) is 9.54. The Morgan fingerprint density at radius 1 is 1.29 bits per heavy atom. The molecular formula is C18H23NO5. The number of carbonyl (C=O) groups is 1. The molecule has 3 rings (SSSR count). The van der Waals surface area contributed by atoms with Crippen LogP contribution in [0, 0.1) is 11.8 Å². The number of aliphatic hydroxyl groups is 2. The molecule has 0 radical (unpaired) electrons. The first-order valence-corrected chi connectivity index (χ1v) is 8.29. The Bertz CT molecular complexity index is 615. The van der Waals surface area contributed by atoms with Gasteiger partial charge in [-0.05, 0) is 42.7 Å². The van der Waals surface area contributed by atoms with Gasteiger partial charge in [-0.25, -0.2) is 4.79 Å². The molecule has 24 heavy (non-hydrogen) atoms. The molecule has 0 aromatic heterocycles. The highest BCUT2D eigenvalue weighted by molar-refractivity contribution is 5.67. The van der Waals surface area contributed by atoms with Crippen molar-refractivity contribution in [2.45, 2.75) is 37.9 Å². The van der Waals surface area contributed by atoms with Crippen molar-refractivity contribution in [1.82, 2.24) is 5.48 Å². The SMILES string of the molecule is O=C(O)CONC1=C2CC(CCC(O)c3ccccc3)C(O)C2C1. The molecule has 0 heterocycles. The van der Waals surface area contributed by atoms with Crippen LogP contribution in [0.5, 0.6) is 0 Å². The van der Waals surface area contributed by atoms with Gasteiger partial charge >= 0.3 is 5.97 Å². The van der Waals surface area contributed by atoms with E-state index in [1.54, 1.807) is 0 Å². The molecule has 1 aromatic rings. The molecule has 4 unspecified atom stereocenters. The average molecular weight is 333 g/mol. The van der Waals surface area contributed by atoms with Crippen LogP contribution in [0.3, 0.4) is 0 Å². The predicted octanol–water partition coefficient (Wildman–Crippen LogP) is 1.76. The minimum atomic E-state index is -1.02. The van der Waals surface area contributed by atoms with Crippen molar-refractivity contribution in [3.63, 3.8) is 0 Å². The smallest absolute Gasteiger partial charge is 0.332 e. The van der Waals surface area contributed by atoms with Gasteiger partial charge in [0.2, 0.25) is 0 Å². The number of nitrogens with one attached hydrogen (secondary N) is 1. The molecule has 4 atom stereocenters. The summed E-state index contributed by atoms with van der Waals surface area (Å²) in [5, 5.41) is 29.2. The van der Waals surface area contributed by atoms with E-state index in [0.717, 1.165) is 29.7 Å². The summed E-state index contributed by atoms with van der Waals surface area (Å²) in [6.07, 6.45) is 1.92. The molecule has 130 valence electrons. The molecule has 0 saturated heterocycles. The van der Waals surface area contributed by atoms with Crippen LogP contribution in [0.4, 0.5) is 0 Å². The number of aliphatic hydroxyl groups excluding tert-OH is 2. The zero-order valence-corrected chi connectivity index (χ0v) is 13.4. The Hall–Kier alpha value is -1.89. The maximum absolute atomic E-state index is 10.4. The van der Waals surface area contributed by atoms with E-state index in [2.05, 4.69) is 5.48 Å². The number of hydroxylamine groups is 1. The molecule has 6 nitrogen and oxygen atoms in total. The van der Waals surface area contributed by atoms with Crippen molar-refractivity contribution in [2.75, 3.05) is 6.61 Å². The predicted molar refractivity (Wildman–Crippen MR) is 86.6 cm³/mol. The summed E-state index contributed by atoms with van der Waals surface area (Å²) in [5.41, 5.74) is 5.62. The van der Waals surface area contributed by atoms with Gasteiger partial charge in [0, 0.05) is 11.6 Å². The Morgan fingerprint density at radius 3 is 2.75 bits per heavy atom. The molecule has 0 spiro atoms. The Balaban J connectivity index is 1.50. The third-order valence-electron chi connectivity index (χ3n) is 5.02. The van der Waals surface area contributed by atoms with E-state index in [1.165, 1.54) is 0 Å². The highest BCUT2D eigenvalue weighted by atomic mass is 16.7. The second-order valence-corrected chi connectivity index (χ2v) is 6.56. The van der Waals surface area contributed by atoms with Crippen LogP contribution in [-0.4, -0.2) is 34.0 Å². The molecule has 4 N–H and O–H groups in total.